The van der Waals surface area contributed by atoms with Gasteiger partial charge in [0.25, 0.3) is 6.04 Å². The molecule has 0 aliphatic rings. The number of halogens is 1. The molecular formula is C23H17ClNO3+. The maximum absolute atomic E-state index is 12.0. The summed E-state index contributed by atoms with van der Waals surface area (Å²) < 4.78 is 6.05. The molecule has 0 saturated heterocycles. The molecule has 28 heavy (non-hydrogen) atoms. The molecule has 138 valence electrons. The first-order chi connectivity index (χ1) is 13.6. The van der Waals surface area contributed by atoms with Crippen molar-refractivity contribution in [3.05, 3.63) is 101 Å². The van der Waals surface area contributed by atoms with Gasteiger partial charge in [0.2, 0.25) is 5.36 Å². The van der Waals surface area contributed by atoms with Crippen molar-refractivity contribution in [3.63, 3.8) is 0 Å². The summed E-state index contributed by atoms with van der Waals surface area (Å²) >= 11 is 6.18. The van der Waals surface area contributed by atoms with E-state index in [1.54, 1.807) is 30.3 Å². The van der Waals surface area contributed by atoms with Crippen molar-refractivity contribution in [1.82, 2.24) is 0 Å². The van der Waals surface area contributed by atoms with E-state index in [0.29, 0.717) is 27.3 Å². The second-order valence-corrected chi connectivity index (χ2v) is 6.79. The third kappa shape index (κ3) is 3.68. The van der Waals surface area contributed by atoms with E-state index >= 15 is 0 Å². The number of carboxylic acid groups (broad SMARTS) is 1. The maximum atomic E-state index is 12.0. The van der Waals surface area contributed by atoms with E-state index in [0.717, 1.165) is 10.9 Å². The molecule has 2 N–H and O–H groups in total. The topological polar surface area (TPSA) is 64.4 Å². The summed E-state index contributed by atoms with van der Waals surface area (Å²) in [6, 6.07) is 24.9. The predicted octanol–water partition coefficient (Wildman–Crippen LogP) is 3.56. The van der Waals surface area contributed by atoms with E-state index in [4.69, 9.17) is 16.0 Å². The van der Waals surface area contributed by atoms with Gasteiger partial charge in [-0.2, -0.15) is 0 Å². The minimum atomic E-state index is -0.969. The van der Waals surface area contributed by atoms with Gasteiger partial charge >= 0.3 is 5.97 Å². The molecule has 4 aromatic rings. The van der Waals surface area contributed by atoms with E-state index in [1.807, 2.05) is 54.6 Å². The van der Waals surface area contributed by atoms with Crippen molar-refractivity contribution in [1.29, 1.82) is 0 Å². The molecule has 0 spiro atoms. The van der Waals surface area contributed by atoms with Crippen LogP contribution in [0.4, 0.5) is 0 Å². The molecular weight excluding hydrogens is 374 g/mol. The van der Waals surface area contributed by atoms with Crippen LogP contribution in [0.1, 0.15) is 11.6 Å². The Kier molecular flexibility index (Phi) is 4.96. The molecule has 0 bridgehead atoms. The lowest BCUT2D eigenvalue weighted by Crippen LogP contribution is -2.79. The van der Waals surface area contributed by atoms with Crippen LogP contribution >= 0.6 is 11.6 Å². The van der Waals surface area contributed by atoms with E-state index in [9.17, 15) is 9.90 Å². The van der Waals surface area contributed by atoms with Gasteiger partial charge < -0.3 is 9.52 Å². The Morgan fingerprint density at radius 1 is 0.929 bits per heavy atom. The molecule has 1 heterocycles. The number of hydrogen-bond acceptors (Lipinski definition) is 2. The molecule has 3 aromatic carbocycles. The van der Waals surface area contributed by atoms with Crippen LogP contribution in [-0.2, 0) is 4.79 Å². The molecule has 1 aromatic heterocycles. The van der Waals surface area contributed by atoms with Gasteiger partial charge in [-0.1, -0.05) is 72.3 Å². The third-order valence-electron chi connectivity index (χ3n) is 4.47. The molecule has 1 unspecified atom stereocenters. The van der Waals surface area contributed by atoms with Gasteiger partial charge in [0.05, 0.1) is 11.5 Å². The lowest BCUT2D eigenvalue weighted by Gasteiger charge is -2.06. The van der Waals surface area contributed by atoms with Crippen molar-refractivity contribution in [2.24, 2.45) is 0 Å². The van der Waals surface area contributed by atoms with Crippen LogP contribution in [0.25, 0.3) is 22.3 Å². The molecule has 0 amide bonds. The Morgan fingerprint density at radius 2 is 1.61 bits per heavy atom. The monoisotopic (exact) mass is 390 g/mol. The first kappa shape index (κ1) is 18.0. The van der Waals surface area contributed by atoms with E-state index < -0.39 is 12.0 Å². The molecule has 4 rings (SSSR count). The van der Waals surface area contributed by atoms with Gasteiger partial charge in [0.1, 0.15) is 11.3 Å². The Labute approximate surface area is 166 Å². The van der Waals surface area contributed by atoms with Crippen LogP contribution in [0.2, 0.25) is 5.02 Å². The first-order valence-corrected chi connectivity index (χ1v) is 9.16. The Bertz CT molecular complexity index is 1200. The van der Waals surface area contributed by atoms with E-state index in [1.165, 1.54) is 0 Å². The fraction of sp³-hybridized carbons (Fsp3) is 0.0435. The van der Waals surface area contributed by atoms with Gasteiger partial charge in [-0.05, 0) is 18.2 Å². The second kappa shape index (κ2) is 7.71. The number of hydrogen-bond donors (Lipinski definition) is 2. The summed E-state index contributed by atoms with van der Waals surface area (Å²) in [6.07, 6.45) is 0. The highest BCUT2D eigenvalue weighted by Crippen LogP contribution is 2.23. The average molecular weight is 391 g/mol. The highest BCUT2D eigenvalue weighted by Gasteiger charge is 2.24. The lowest BCUT2D eigenvalue weighted by atomic mass is 10.1. The zero-order valence-corrected chi connectivity index (χ0v) is 15.6. The van der Waals surface area contributed by atoms with Crippen molar-refractivity contribution >= 4 is 28.5 Å². The van der Waals surface area contributed by atoms with Crippen molar-refractivity contribution < 1.29 is 19.3 Å². The summed E-state index contributed by atoms with van der Waals surface area (Å²) in [4.78, 5) is 15.1. The SMILES string of the molecule is O=C(O)C([NH+]=c1cc(-c2ccccc2)oc2ccc(Cl)cc12)c1ccccc1. The number of fused-ring (bicyclic) bond motifs is 1. The lowest BCUT2D eigenvalue weighted by molar-refractivity contribution is -0.536. The van der Waals surface area contributed by atoms with Crippen LogP contribution in [0.5, 0.6) is 0 Å². The highest BCUT2D eigenvalue weighted by atomic mass is 35.5. The molecule has 4 nitrogen and oxygen atoms in total. The fourth-order valence-corrected chi connectivity index (χ4v) is 3.28. The summed E-state index contributed by atoms with van der Waals surface area (Å²) in [5.74, 6) is -0.335. The van der Waals surface area contributed by atoms with Crippen LogP contribution < -0.4 is 10.3 Å². The number of rotatable bonds is 4. The second-order valence-electron chi connectivity index (χ2n) is 6.36. The molecule has 0 fully saturated rings. The standard InChI is InChI=1S/C23H16ClNO3/c24-17-11-12-20-18(13-17)19(14-21(28-20)15-7-3-1-4-8-15)25-22(23(26)27)16-9-5-2-6-10-16/h1-14,22H,(H,26,27)/p+1. The summed E-state index contributed by atoms with van der Waals surface area (Å²) in [5.41, 5.74) is 2.17. The summed E-state index contributed by atoms with van der Waals surface area (Å²) in [6.45, 7) is 0. The molecule has 5 heteroatoms. The molecule has 0 aliphatic heterocycles. The normalized spacial score (nSPS) is 12.8. The van der Waals surface area contributed by atoms with Crippen LogP contribution in [0.3, 0.4) is 0 Å². The zero-order chi connectivity index (χ0) is 19.5. The smallest absolute Gasteiger partial charge is 0.378 e. The molecule has 0 saturated carbocycles. The number of carboxylic acids is 1. The average Bonchev–Trinajstić information content (AvgIpc) is 2.73. The Morgan fingerprint density at radius 3 is 2.29 bits per heavy atom. The molecule has 0 aliphatic carbocycles. The Hall–Kier alpha value is -3.37. The summed E-state index contributed by atoms with van der Waals surface area (Å²) in [5, 5.41) is 11.7. The van der Waals surface area contributed by atoms with Crippen molar-refractivity contribution in [2.75, 3.05) is 0 Å². The van der Waals surface area contributed by atoms with E-state index in [2.05, 4.69) is 4.99 Å². The van der Waals surface area contributed by atoms with Crippen LogP contribution in [-0.4, -0.2) is 11.1 Å². The number of carbonyl (C=O) groups is 1. The number of benzene rings is 3. The van der Waals surface area contributed by atoms with Gasteiger partial charge in [-0.25, -0.2) is 9.79 Å². The van der Waals surface area contributed by atoms with Crippen LogP contribution in [0, 0.1) is 0 Å². The summed E-state index contributed by atoms with van der Waals surface area (Å²) in [7, 11) is 0. The van der Waals surface area contributed by atoms with Gasteiger partial charge in [-0.15, -0.1) is 0 Å². The predicted molar refractivity (Wildman–Crippen MR) is 108 cm³/mol. The highest BCUT2D eigenvalue weighted by molar-refractivity contribution is 6.31. The minimum Gasteiger partial charge on any atom is -0.476 e. The fourth-order valence-electron chi connectivity index (χ4n) is 3.11. The largest absolute Gasteiger partial charge is 0.476 e. The van der Waals surface area contributed by atoms with Crippen LogP contribution in [0.15, 0.2) is 89.3 Å². The minimum absolute atomic E-state index is 0.546. The zero-order valence-electron chi connectivity index (χ0n) is 14.8. The third-order valence-corrected chi connectivity index (χ3v) is 4.70. The number of nitrogens with one attached hydrogen (secondary N) is 1. The Balaban J connectivity index is 1.99. The van der Waals surface area contributed by atoms with E-state index in [-0.39, 0.29) is 0 Å². The van der Waals surface area contributed by atoms with Gasteiger partial charge in [-0.3, -0.25) is 0 Å². The first-order valence-electron chi connectivity index (χ1n) is 8.78. The molecule has 0 radical (unpaired) electrons. The molecule has 1 atom stereocenters. The van der Waals surface area contributed by atoms with Gasteiger partial charge in [0, 0.05) is 16.1 Å². The van der Waals surface area contributed by atoms with Gasteiger partial charge in [0.15, 0.2) is 0 Å². The quantitative estimate of drug-likeness (QED) is 0.560. The maximum Gasteiger partial charge on any atom is 0.378 e. The van der Waals surface area contributed by atoms with Crippen molar-refractivity contribution in [2.45, 2.75) is 6.04 Å². The number of aliphatic carboxylic acids is 1. The van der Waals surface area contributed by atoms with Crippen molar-refractivity contribution in [3.8, 4) is 11.3 Å².